The Bertz CT molecular complexity index is 965. The number of nitrogens with zero attached hydrogens (tertiary/aromatic N) is 1. The van der Waals surface area contributed by atoms with Gasteiger partial charge in [-0.3, -0.25) is 14.5 Å². The molecule has 4 aliphatic rings. The maximum atomic E-state index is 14.0. The van der Waals surface area contributed by atoms with Crippen molar-refractivity contribution < 1.29 is 39.1 Å². The zero-order valence-corrected chi connectivity index (χ0v) is 24.6. The summed E-state index contributed by atoms with van der Waals surface area (Å²) in [5, 5.41) is 36.1. The van der Waals surface area contributed by atoms with Crippen LogP contribution in [-0.4, -0.2) is 99.4 Å². The Morgan fingerprint density at radius 1 is 1.18 bits per heavy atom. The molecular formula is C30H49NO8. The number of esters is 1. The van der Waals surface area contributed by atoms with Gasteiger partial charge in [-0.05, 0) is 58.0 Å². The van der Waals surface area contributed by atoms with Gasteiger partial charge in [0, 0.05) is 31.2 Å². The Morgan fingerprint density at radius 3 is 2.41 bits per heavy atom. The predicted molar refractivity (Wildman–Crippen MR) is 145 cm³/mol. The summed E-state index contributed by atoms with van der Waals surface area (Å²) in [6.45, 7) is 16.5. The van der Waals surface area contributed by atoms with Crippen molar-refractivity contribution in [3.63, 3.8) is 0 Å². The minimum atomic E-state index is -2.15. The number of fused-ring (bicyclic) bond motifs is 3. The Balaban J connectivity index is 1.75. The molecule has 3 N–H and O–H groups in total. The van der Waals surface area contributed by atoms with Gasteiger partial charge in [-0.25, -0.2) is 0 Å². The monoisotopic (exact) mass is 551 g/mol. The van der Waals surface area contributed by atoms with Gasteiger partial charge in [0.05, 0.1) is 24.4 Å². The molecule has 2 aliphatic heterocycles. The molecule has 2 aliphatic carbocycles. The molecule has 39 heavy (non-hydrogen) atoms. The van der Waals surface area contributed by atoms with Gasteiger partial charge >= 0.3 is 5.97 Å². The second-order valence-electron chi connectivity index (χ2n) is 13.7. The van der Waals surface area contributed by atoms with Crippen LogP contribution < -0.4 is 0 Å². The number of ketones is 1. The van der Waals surface area contributed by atoms with Gasteiger partial charge in [-0.2, -0.15) is 0 Å². The lowest BCUT2D eigenvalue weighted by Crippen LogP contribution is -2.86. The van der Waals surface area contributed by atoms with E-state index in [1.165, 1.54) is 19.4 Å². The molecule has 0 radical (unpaired) electrons. The highest BCUT2D eigenvalue weighted by molar-refractivity contribution is 5.92. The quantitative estimate of drug-likeness (QED) is 0.323. The smallest absolute Gasteiger partial charge is 0.303 e. The normalized spacial score (nSPS) is 45.1. The number of piperidine rings is 1. The van der Waals surface area contributed by atoms with E-state index >= 15 is 0 Å². The van der Waals surface area contributed by atoms with Crippen molar-refractivity contribution in [2.24, 2.45) is 16.7 Å². The van der Waals surface area contributed by atoms with E-state index in [1.807, 2.05) is 13.8 Å². The largest absolute Gasteiger partial charge is 0.459 e. The lowest BCUT2D eigenvalue weighted by molar-refractivity contribution is -0.376. The average Bonchev–Trinajstić information content (AvgIpc) is 2.84. The number of likely N-dealkylation sites (tertiary alicyclic amines) is 1. The first kappa shape index (κ1) is 30.6. The van der Waals surface area contributed by atoms with Gasteiger partial charge in [0.2, 0.25) is 0 Å². The van der Waals surface area contributed by atoms with Crippen molar-refractivity contribution >= 4 is 11.8 Å². The van der Waals surface area contributed by atoms with Crippen LogP contribution in [0.4, 0.5) is 0 Å². The summed E-state index contributed by atoms with van der Waals surface area (Å²) in [6, 6.07) is 0. The van der Waals surface area contributed by atoms with Crippen LogP contribution >= 0.6 is 0 Å². The first-order valence-corrected chi connectivity index (χ1v) is 14.5. The van der Waals surface area contributed by atoms with Gasteiger partial charge in [0.15, 0.2) is 11.4 Å². The number of aliphatic hydroxyl groups excluding tert-OH is 2. The second kappa shape index (κ2) is 10.5. The highest BCUT2D eigenvalue weighted by Gasteiger charge is 2.80. The molecule has 9 atom stereocenters. The first-order valence-electron chi connectivity index (χ1n) is 14.5. The van der Waals surface area contributed by atoms with E-state index < -0.39 is 69.7 Å². The van der Waals surface area contributed by atoms with Crippen molar-refractivity contribution in [3.8, 4) is 0 Å². The van der Waals surface area contributed by atoms with Crippen molar-refractivity contribution in [1.29, 1.82) is 0 Å². The topological polar surface area (TPSA) is 126 Å². The van der Waals surface area contributed by atoms with Gasteiger partial charge < -0.3 is 29.5 Å². The molecule has 0 aromatic rings. The molecule has 2 saturated heterocycles. The first-order chi connectivity index (χ1) is 18.1. The zero-order valence-electron chi connectivity index (χ0n) is 24.6. The van der Waals surface area contributed by atoms with E-state index in [2.05, 4.69) is 11.5 Å². The van der Waals surface area contributed by atoms with E-state index in [0.29, 0.717) is 19.4 Å². The minimum Gasteiger partial charge on any atom is -0.459 e. The molecule has 4 fully saturated rings. The number of aliphatic hydroxyl groups is 3. The molecule has 0 aromatic carbocycles. The van der Waals surface area contributed by atoms with Crippen LogP contribution in [0.25, 0.3) is 0 Å². The molecule has 0 amide bonds. The molecule has 1 unspecified atom stereocenters. The van der Waals surface area contributed by atoms with Crippen LogP contribution in [0.5, 0.6) is 0 Å². The highest BCUT2D eigenvalue weighted by Crippen LogP contribution is 2.67. The number of hydrogen-bond acceptors (Lipinski definition) is 9. The number of ether oxygens (including phenoxy) is 3. The molecule has 0 bridgehead atoms. The fourth-order valence-electron chi connectivity index (χ4n) is 8.55. The molecule has 9 nitrogen and oxygen atoms in total. The maximum Gasteiger partial charge on any atom is 0.303 e. The summed E-state index contributed by atoms with van der Waals surface area (Å²) < 4.78 is 18.6. The van der Waals surface area contributed by atoms with E-state index in [0.717, 1.165) is 25.9 Å². The molecular weight excluding hydrogens is 502 g/mol. The third-order valence-electron chi connectivity index (χ3n) is 10.4. The third kappa shape index (κ3) is 4.81. The van der Waals surface area contributed by atoms with Crippen LogP contribution in [0, 0.1) is 16.7 Å². The molecule has 4 rings (SSSR count). The zero-order chi connectivity index (χ0) is 29.0. The molecule has 2 saturated carbocycles. The Labute approximate surface area is 232 Å². The molecule has 222 valence electrons. The van der Waals surface area contributed by atoms with Crippen molar-refractivity contribution in [1.82, 2.24) is 4.90 Å². The fraction of sp³-hybridized carbons (Fsp3) is 0.867. The fourth-order valence-corrected chi connectivity index (χ4v) is 8.55. The summed E-state index contributed by atoms with van der Waals surface area (Å²) in [5.74, 6) is -1.57. The maximum absolute atomic E-state index is 14.0. The third-order valence-corrected chi connectivity index (χ3v) is 10.4. The standard InChI is InChI=1S/C30H49NO8/c1-8-27(5)16-22(34)30(36)28(6)21(33)12-13-26(3,4)24(28)23(35)25(29(30,7)39-27)37-18-20(38-19(2)32)17-31-14-10-9-11-15-31/h8,20-21,23-25,33,35-36H,1,9-18H2,2-7H3/t20?,21-,23-,24-,25-,27-,28-,29+,30-/m0/s1. The number of rotatable bonds is 7. The highest BCUT2D eigenvalue weighted by atomic mass is 16.6. The van der Waals surface area contributed by atoms with Gasteiger partial charge in [0.25, 0.3) is 0 Å². The lowest BCUT2D eigenvalue weighted by atomic mass is 9.40. The average molecular weight is 552 g/mol. The number of hydrogen-bond donors (Lipinski definition) is 3. The molecule has 0 aromatic heterocycles. The molecule has 2 heterocycles. The van der Waals surface area contributed by atoms with Gasteiger partial charge in [0.1, 0.15) is 17.8 Å². The summed E-state index contributed by atoms with van der Waals surface area (Å²) in [6.07, 6.45) is 1.76. The second-order valence-corrected chi connectivity index (χ2v) is 13.7. The Morgan fingerprint density at radius 2 is 1.82 bits per heavy atom. The van der Waals surface area contributed by atoms with Crippen LogP contribution in [0.2, 0.25) is 0 Å². The summed E-state index contributed by atoms with van der Waals surface area (Å²) in [5.41, 5.74) is -6.91. The van der Waals surface area contributed by atoms with E-state index in [4.69, 9.17) is 14.2 Å². The van der Waals surface area contributed by atoms with Gasteiger partial charge in [-0.1, -0.05) is 33.3 Å². The summed E-state index contributed by atoms with van der Waals surface area (Å²) >= 11 is 0. The number of carbonyl (C=O) groups is 2. The summed E-state index contributed by atoms with van der Waals surface area (Å²) in [7, 11) is 0. The molecule has 9 heteroatoms. The lowest BCUT2D eigenvalue weighted by Gasteiger charge is -2.71. The summed E-state index contributed by atoms with van der Waals surface area (Å²) in [4.78, 5) is 28.3. The van der Waals surface area contributed by atoms with Crippen molar-refractivity contribution in [2.45, 2.75) is 121 Å². The van der Waals surface area contributed by atoms with Crippen LogP contribution in [0.3, 0.4) is 0 Å². The van der Waals surface area contributed by atoms with E-state index in [1.54, 1.807) is 20.8 Å². The number of Topliss-reactive ketones (excluding diaryl/α,β-unsaturated/α-hetero) is 1. The van der Waals surface area contributed by atoms with Crippen LogP contribution in [-0.2, 0) is 23.8 Å². The van der Waals surface area contributed by atoms with E-state index in [9.17, 15) is 24.9 Å². The van der Waals surface area contributed by atoms with Gasteiger partial charge in [-0.15, -0.1) is 6.58 Å². The Kier molecular flexibility index (Phi) is 8.22. The molecule has 0 spiro atoms. The van der Waals surface area contributed by atoms with Crippen molar-refractivity contribution in [3.05, 3.63) is 12.7 Å². The van der Waals surface area contributed by atoms with Crippen LogP contribution in [0.1, 0.15) is 80.1 Å². The Hall–Kier alpha value is -1.36. The minimum absolute atomic E-state index is 0.0434. The predicted octanol–water partition coefficient (Wildman–Crippen LogP) is 2.39. The SMILES string of the molecule is C=C[C@@]1(C)CC(=O)[C@]2(O)[C@@]3(C)[C@@H](O)CCC(C)(C)[C@@H]3[C@H](O)[C@H](OCC(CN3CCCCC3)OC(C)=O)[C@@]2(C)O1. The van der Waals surface area contributed by atoms with E-state index in [-0.39, 0.29) is 13.0 Å². The number of carbonyl (C=O) groups excluding carboxylic acids is 2. The van der Waals surface area contributed by atoms with Crippen LogP contribution in [0.15, 0.2) is 12.7 Å². The van der Waals surface area contributed by atoms with Crippen molar-refractivity contribution in [2.75, 3.05) is 26.2 Å².